The van der Waals surface area contributed by atoms with Gasteiger partial charge < -0.3 is 4.42 Å². The van der Waals surface area contributed by atoms with Crippen LogP contribution in [0.5, 0.6) is 0 Å². The van der Waals surface area contributed by atoms with Crippen LogP contribution in [0.25, 0.3) is 17.4 Å². The molecule has 0 unspecified atom stereocenters. The molecule has 0 bridgehead atoms. The zero-order valence-electron chi connectivity index (χ0n) is 15.8. The van der Waals surface area contributed by atoms with Crippen molar-refractivity contribution >= 4 is 40.7 Å². The van der Waals surface area contributed by atoms with E-state index in [1.54, 1.807) is 6.07 Å². The van der Waals surface area contributed by atoms with Crippen molar-refractivity contribution in [3.05, 3.63) is 87.1 Å². The van der Waals surface area contributed by atoms with Crippen LogP contribution < -0.4 is 5.01 Å². The molecular weight excluding hydrogens is 451 g/mol. The zero-order valence-corrected chi connectivity index (χ0v) is 16.6. The van der Waals surface area contributed by atoms with Crippen molar-refractivity contribution in [2.45, 2.75) is 6.18 Å². The van der Waals surface area contributed by atoms with Gasteiger partial charge in [-0.05, 0) is 42.5 Å². The predicted octanol–water partition coefficient (Wildman–Crippen LogP) is 5.86. The van der Waals surface area contributed by atoms with E-state index in [1.165, 1.54) is 54.6 Å². The Labute approximate surface area is 183 Å². The van der Waals surface area contributed by atoms with E-state index >= 15 is 0 Å². The second-order valence-corrected chi connectivity index (χ2v) is 7.04. The van der Waals surface area contributed by atoms with Gasteiger partial charge in [-0.3, -0.25) is 14.9 Å². The van der Waals surface area contributed by atoms with Crippen LogP contribution in [0.2, 0.25) is 5.02 Å². The van der Waals surface area contributed by atoms with Crippen LogP contribution in [0, 0.1) is 10.1 Å². The smallest absolute Gasteiger partial charge is 0.435 e. The number of nitro groups is 1. The number of anilines is 1. The Balaban J connectivity index is 1.71. The first kappa shape index (κ1) is 21.3. The fourth-order valence-corrected chi connectivity index (χ4v) is 3.14. The van der Waals surface area contributed by atoms with E-state index in [4.69, 9.17) is 16.0 Å². The number of carbonyl (C=O) groups is 1. The maximum absolute atomic E-state index is 13.6. The van der Waals surface area contributed by atoms with Gasteiger partial charge in [0.15, 0.2) is 5.71 Å². The van der Waals surface area contributed by atoms with Crippen LogP contribution in [0.3, 0.4) is 0 Å². The number of amides is 1. The summed E-state index contributed by atoms with van der Waals surface area (Å²) < 4.78 is 46.2. The number of hydrogen-bond acceptors (Lipinski definition) is 5. The van der Waals surface area contributed by atoms with E-state index in [1.807, 2.05) is 0 Å². The maximum Gasteiger partial charge on any atom is 0.435 e. The minimum atomic E-state index is -4.89. The number of non-ortho nitro benzene ring substituents is 1. The fourth-order valence-electron chi connectivity index (χ4n) is 3.01. The molecule has 0 saturated heterocycles. The monoisotopic (exact) mass is 461 g/mol. The molecule has 1 amide bonds. The van der Waals surface area contributed by atoms with Gasteiger partial charge in [0.05, 0.1) is 16.2 Å². The summed E-state index contributed by atoms with van der Waals surface area (Å²) in [5.74, 6) is -0.858. The number of hydrazone groups is 1. The van der Waals surface area contributed by atoms with E-state index in [2.05, 4.69) is 5.10 Å². The second kappa shape index (κ2) is 7.97. The average Bonchev–Trinajstić information content (AvgIpc) is 3.34. The number of hydrogen-bond donors (Lipinski definition) is 0. The van der Waals surface area contributed by atoms with Gasteiger partial charge in [-0.15, -0.1) is 0 Å². The fraction of sp³-hybridized carbons (Fsp3) is 0.0476. The Kier molecular flexibility index (Phi) is 5.31. The van der Waals surface area contributed by atoms with Crippen molar-refractivity contribution in [3.63, 3.8) is 0 Å². The van der Waals surface area contributed by atoms with Gasteiger partial charge in [0.1, 0.15) is 11.5 Å². The standard InChI is InChI=1S/C21H11ClF3N3O4/c22-13-4-6-14(7-5-13)27-20(29)17(19(26-27)21(23,24)25)11-16-8-9-18(32-16)12-2-1-3-15(10-12)28(30)31/h1-11H. The molecule has 0 atom stereocenters. The molecule has 162 valence electrons. The molecule has 0 N–H and O–H groups in total. The van der Waals surface area contributed by atoms with E-state index in [0.29, 0.717) is 15.6 Å². The number of carbonyl (C=O) groups excluding carboxylic acids is 1. The summed E-state index contributed by atoms with van der Waals surface area (Å²) in [6.07, 6.45) is -3.95. The highest BCUT2D eigenvalue weighted by Crippen LogP contribution is 2.34. The van der Waals surface area contributed by atoms with E-state index in [-0.39, 0.29) is 22.9 Å². The Bertz CT molecular complexity index is 1280. The Morgan fingerprint density at radius 2 is 1.81 bits per heavy atom. The molecule has 0 fully saturated rings. The molecule has 0 spiro atoms. The highest BCUT2D eigenvalue weighted by molar-refractivity contribution is 6.34. The van der Waals surface area contributed by atoms with Gasteiger partial charge in [-0.2, -0.15) is 23.3 Å². The highest BCUT2D eigenvalue weighted by Gasteiger charge is 2.47. The summed E-state index contributed by atoms with van der Waals surface area (Å²) in [6.45, 7) is 0. The molecule has 11 heteroatoms. The zero-order chi connectivity index (χ0) is 23.0. The summed E-state index contributed by atoms with van der Waals surface area (Å²) in [5.41, 5.74) is -1.77. The Morgan fingerprint density at radius 1 is 1.09 bits per heavy atom. The largest absolute Gasteiger partial charge is 0.457 e. The molecule has 1 aromatic heterocycles. The van der Waals surface area contributed by atoms with Gasteiger partial charge in [-0.25, -0.2) is 0 Å². The van der Waals surface area contributed by atoms with Crippen molar-refractivity contribution in [3.8, 4) is 11.3 Å². The number of rotatable bonds is 4. The third kappa shape index (κ3) is 4.12. The average molecular weight is 462 g/mol. The molecule has 7 nitrogen and oxygen atoms in total. The van der Waals surface area contributed by atoms with Gasteiger partial charge >= 0.3 is 6.18 Å². The molecule has 3 aromatic rings. The quantitative estimate of drug-likeness (QED) is 0.276. The van der Waals surface area contributed by atoms with Crippen LogP contribution >= 0.6 is 11.6 Å². The second-order valence-electron chi connectivity index (χ2n) is 6.61. The maximum atomic E-state index is 13.6. The lowest BCUT2D eigenvalue weighted by Gasteiger charge is -2.11. The van der Waals surface area contributed by atoms with Crippen LogP contribution in [0.15, 0.2) is 75.8 Å². The van der Waals surface area contributed by atoms with E-state index in [9.17, 15) is 28.1 Å². The molecule has 0 aliphatic carbocycles. The van der Waals surface area contributed by atoms with Crippen molar-refractivity contribution in [2.24, 2.45) is 5.10 Å². The van der Waals surface area contributed by atoms with E-state index < -0.39 is 28.3 Å². The summed E-state index contributed by atoms with van der Waals surface area (Å²) in [4.78, 5) is 23.1. The first-order chi connectivity index (χ1) is 15.1. The van der Waals surface area contributed by atoms with Gasteiger partial charge in [0.25, 0.3) is 11.6 Å². The molecule has 0 radical (unpaired) electrons. The molecule has 4 rings (SSSR count). The Hall–Kier alpha value is -3.92. The third-order valence-corrected chi connectivity index (χ3v) is 4.72. The van der Waals surface area contributed by atoms with Crippen molar-refractivity contribution in [1.29, 1.82) is 0 Å². The lowest BCUT2D eigenvalue weighted by atomic mass is 10.1. The first-order valence-corrected chi connectivity index (χ1v) is 9.34. The van der Waals surface area contributed by atoms with Crippen molar-refractivity contribution in [2.75, 3.05) is 5.01 Å². The van der Waals surface area contributed by atoms with Crippen LogP contribution in [-0.2, 0) is 4.79 Å². The molecule has 2 aromatic carbocycles. The van der Waals surface area contributed by atoms with Gasteiger partial charge in [0.2, 0.25) is 0 Å². The van der Waals surface area contributed by atoms with Gasteiger partial charge in [-0.1, -0.05) is 23.7 Å². The van der Waals surface area contributed by atoms with Crippen LogP contribution in [0.1, 0.15) is 5.76 Å². The summed E-state index contributed by atoms with van der Waals surface area (Å²) in [7, 11) is 0. The van der Waals surface area contributed by atoms with Crippen molar-refractivity contribution < 1.29 is 27.3 Å². The highest BCUT2D eigenvalue weighted by atomic mass is 35.5. The minimum Gasteiger partial charge on any atom is -0.457 e. The van der Waals surface area contributed by atoms with Crippen molar-refractivity contribution in [1.82, 2.24) is 0 Å². The summed E-state index contributed by atoms with van der Waals surface area (Å²) in [5, 5.41) is 15.4. The molecule has 0 saturated carbocycles. The third-order valence-electron chi connectivity index (χ3n) is 4.47. The molecule has 2 heterocycles. The number of nitrogens with zero attached hydrogens (tertiary/aromatic N) is 3. The summed E-state index contributed by atoms with van der Waals surface area (Å²) >= 11 is 5.79. The van der Waals surface area contributed by atoms with Gasteiger partial charge in [0, 0.05) is 22.7 Å². The molecule has 32 heavy (non-hydrogen) atoms. The number of benzene rings is 2. The number of furan rings is 1. The Morgan fingerprint density at radius 3 is 2.47 bits per heavy atom. The number of nitro benzene ring substituents is 1. The lowest BCUT2D eigenvalue weighted by molar-refractivity contribution is -0.384. The normalized spacial score (nSPS) is 15.4. The molecule has 1 aliphatic rings. The van der Waals surface area contributed by atoms with Crippen LogP contribution in [0.4, 0.5) is 24.5 Å². The predicted molar refractivity (Wildman–Crippen MR) is 111 cm³/mol. The number of halogens is 4. The van der Waals surface area contributed by atoms with Crippen LogP contribution in [-0.4, -0.2) is 22.7 Å². The summed E-state index contributed by atoms with van der Waals surface area (Å²) in [6, 6.07) is 13.9. The SMILES string of the molecule is O=C1C(=Cc2ccc(-c3cccc([N+](=O)[O-])c3)o2)C(C(F)(F)F)=NN1c1ccc(Cl)cc1. The van der Waals surface area contributed by atoms with E-state index in [0.717, 1.165) is 6.08 Å². The number of alkyl halides is 3. The molecule has 1 aliphatic heterocycles. The lowest BCUT2D eigenvalue weighted by Crippen LogP contribution is -2.25. The molecular formula is C21H11ClF3N3O4. The minimum absolute atomic E-state index is 0.0511. The topological polar surface area (TPSA) is 88.9 Å². The first-order valence-electron chi connectivity index (χ1n) is 8.96.